The van der Waals surface area contributed by atoms with Crippen LogP contribution in [-0.4, -0.2) is 36.1 Å². The minimum atomic E-state index is -2.52. The van der Waals surface area contributed by atoms with Crippen LogP contribution in [0.2, 0.25) is 0 Å². The van der Waals surface area contributed by atoms with Gasteiger partial charge in [-0.1, -0.05) is 0 Å². The Balaban J connectivity index is 1.91. The van der Waals surface area contributed by atoms with Gasteiger partial charge >= 0.3 is 0 Å². The Kier molecular flexibility index (Phi) is 3.11. The van der Waals surface area contributed by atoms with E-state index in [0.717, 1.165) is 44.7 Å². The number of aromatic nitrogens is 2. The van der Waals surface area contributed by atoms with Crippen molar-refractivity contribution in [3.8, 4) is 0 Å². The number of hydrogen-bond acceptors (Lipinski definition) is 4. The molecule has 1 aliphatic heterocycles. The lowest BCUT2D eigenvalue weighted by molar-refractivity contribution is 0.146. The normalized spacial score (nSPS) is 20.5. The maximum absolute atomic E-state index is 12.9. The average molecular weight is 254 g/mol. The summed E-state index contributed by atoms with van der Waals surface area (Å²) in [6.07, 6.45) is -0.409. The molecule has 4 nitrogen and oxygen atoms in total. The fourth-order valence-electron chi connectivity index (χ4n) is 2.18. The van der Waals surface area contributed by atoms with Crippen molar-refractivity contribution in [2.45, 2.75) is 25.2 Å². The largest absolute Gasteiger partial charge is 0.338 e. The standard InChI is InChI=1S/C12H16F2N4/c13-11(14)10-7-9(8-1-2-8)16-12(17-10)18-5-3-15-4-6-18/h7-8,11,15H,1-6H2. The molecule has 1 aliphatic carbocycles. The van der Waals surface area contributed by atoms with Crippen molar-refractivity contribution < 1.29 is 8.78 Å². The molecule has 0 spiro atoms. The fourth-order valence-corrected chi connectivity index (χ4v) is 2.18. The molecule has 0 amide bonds. The molecule has 2 fully saturated rings. The van der Waals surface area contributed by atoms with Crippen LogP contribution in [0.25, 0.3) is 0 Å². The molecule has 0 atom stereocenters. The van der Waals surface area contributed by atoms with Gasteiger partial charge in [0.15, 0.2) is 0 Å². The van der Waals surface area contributed by atoms with Gasteiger partial charge in [0.2, 0.25) is 5.95 Å². The smallest absolute Gasteiger partial charge is 0.280 e. The molecular weight excluding hydrogens is 238 g/mol. The van der Waals surface area contributed by atoms with Crippen molar-refractivity contribution in [3.63, 3.8) is 0 Å². The monoisotopic (exact) mass is 254 g/mol. The molecule has 1 saturated carbocycles. The topological polar surface area (TPSA) is 41.1 Å². The van der Waals surface area contributed by atoms with Gasteiger partial charge in [-0.25, -0.2) is 18.7 Å². The Bertz CT molecular complexity index is 408. The maximum Gasteiger partial charge on any atom is 0.280 e. The zero-order chi connectivity index (χ0) is 12.5. The van der Waals surface area contributed by atoms with Crippen molar-refractivity contribution in [3.05, 3.63) is 17.5 Å². The predicted molar refractivity (Wildman–Crippen MR) is 64.0 cm³/mol. The number of nitrogens with one attached hydrogen (secondary N) is 1. The molecule has 1 N–H and O–H groups in total. The van der Waals surface area contributed by atoms with Gasteiger partial charge in [0, 0.05) is 37.8 Å². The van der Waals surface area contributed by atoms with Gasteiger partial charge in [0.1, 0.15) is 5.69 Å². The van der Waals surface area contributed by atoms with E-state index in [-0.39, 0.29) is 5.69 Å². The molecule has 1 saturated heterocycles. The highest BCUT2D eigenvalue weighted by atomic mass is 19.3. The second-order valence-corrected chi connectivity index (χ2v) is 4.83. The Hall–Kier alpha value is -1.30. The molecule has 1 aromatic rings. The van der Waals surface area contributed by atoms with Crippen LogP contribution in [0.15, 0.2) is 6.07 Å². The van der Waals surface area contributed by atoms with Gasteiger partial charge < -0.3 is 10.2 Å². The SMILES string of the molecule is FC(F)c1cc(C2CC2)nc(N2CCNCC2)n1. The van der Waals surface area contributed by atoms with Crippen LogP contribution < -0.4 is 10.2 Å². The van der Waals surface area contributed by atoms with Crippen LogP contribution >= 0.6 is 0 Å². The van der Waals surface area contributed by atoms with Gasteiger partial charge in [-0.05, 0) is 18.9 Å². The summed E-state index contributed by atoms with van der Waals surface area (Å²) in [6, 6.07) is 1.47. The van der Waals surface area contributed by atoms with Gasteiger partial charge in [-0.2, -0.15) is 0 Å². The van der Waals surface area contributed by atoms with E-state index in [1.165, 1.54) is 6.07 Å². The third-order valence-electron chi connectivity index (χ3n) is 3.37. The van der Waals surface area contributed by atoms with Crippen molar-refractivity contribution in [2.24, 2.45) is 0 Å². The fraction of sp³-hybridized carbons (Fsp3) is 0.667. The van der Waals surface area contributed by atoms with Gasteiger partial charge in [-0.3, -0.25) is 0 Å². The number of piperazine rings is 1. The van der Waals surface area contributed by atoms with E-state index in [4.69, 9.17) is 0 Å². The summed E-state index contributed by atoms with van der Waals surface area (Å²) >= 11 is 0. The minimum absolute atomic E-state index is 0.138. The zero-order valence-electron chi connectivity index (χ0n) is 10.1. The zero-order valence-corrected chi connectivity index (χ0v) is 10.1. The van der Waals surface area contributed by atoms with E-state index in [9.17, 15) is 8.78 Å². The van der Waals surface area contributed by atoms with Gasteiger partial charge in [0.25, 0.3) is 6.43 Å². The first-order chi connectivity index (χ1) is 8.74. The molecule has 2 heterocycles. The van der Waals surface area contributed by atoms with Crippen LogP contribution in [0.3, 0.4) is 0 Å². The summed E-state index contributed by atoms with van der Waals surface area (Å²) < 4.78 is 25.7. The van der Waals surface area contributed by atoms with Gasteiger partial charge in [-0.15, -0.1) is 0 Å². The van der Waals surface area contributed by atoms with Crippen molar-refractivity contribution in [1.29, 1.82) is 0 Å². The van der Waals surface area contributed by atoms with Gasteiger partial charge in [0.05, 0.1) is 0 Å². The third kappa shape index (κ3) is 2.43. The van der Waals surface area contributed by atoms with Crippen LogP contribution in [0, 0.1) is 0 Å². The highest BCUT2D eigenvalue weighted by Gasteiger charge is 2.28. The van der Waals surface area contributed by atoms with Crippen LogP contribution in [-0.2, 0) is 0 Å². The predicted octanol–water partition coefficient (Wildman–Crippen LogP) is 1.70. The number of halogens is 2. The Morgan fingerprint density at radius 2 is 1.94 bits per heavy atom. The van der Waals surface area contributed by atoms with E-state index in [1.807, 2.05) is 4.90 Å². The maximum atomic E-state index is 12.9. The molecule has 0 unspecified atom stereocenters. The van der Waals surface area contributed by atoms with Crippen molar-refractivity contribution >= 4 is 5.95 Å². The second-order valence-electron chi connectivity index (χ2n) is 4.83. The minimum Gasteiger partial charge on any atom is -0.338 e. The summed E-state index contributed by atoms with van der Waals surface area (Å²) in [4.78, 5) is 10.4. The van der Waals surface area contributed by atoms with Crippen LogP contribution in [0.1, 0.15) is 36.6 Å². The Morgan fingerprint density at radius 3 is 2.56 bits per heavy atom. The highest BCUT2D eigenvalue weighted by molar-refractivity contribution is 5.35. The third-order valence-corrected chi connectivity index (χ3v) is 3.37. The molecule has 3 rings (SSSR count). The lowest BCUT2D eigenvalue weighted by atomic mass is 10.2. The molecular formula is C12H16F2N4. The summed E-state index contributed by atoms with van der Waals surface area (Å²) in [7, 11) is 0. The number of anilines is 1. The summed E-state index contributed by atoms with van der Waals surface area (Å²) in [5.74, 6) is 0.836. The number of hydrogen-bond donors (Lipinski definition) is 1. The molecule has 0 aromatic carbocycles. The molecule has 18 heavy (non-hydrogen) atoms. The van der Waals surface area contributed by atoms with E-state index in [0.29, 0.717) is 11.9 Å². The number of nitrogens with zero attached hydrogens (tertiary/aromatic N) is 3. The van der Waals surface area contributed by atoms with Crippen LogP contribution in [0.5, 0.6) is 0 Å². The summed E-state index contributed by atoms with van der Waals surface area (Å²) in [6.45, 7) is 3.25. The molecule has 0 bridgehead atoms. The number of alkyl halides is 2. The van der Waals surface area contributed by atoms with E-state index >= 15 is 0 Å². The quantitative estimate of drug-likeness (QED) is 0.891. The van der Waals surface area contributed by atoms with E-state index in [2.05, 4.69) is 15.3 Å². The molecule has 1 aromatic heterocycles. The first-order valence-corrected chi connectivity index (χ1v) is 6.37. The summed E-state index contributed by atoms with van der Waals surface area (Å²) in [5, 5.41) is 3.23. The number of rotatable bonds is 3. The van der Waals surface area contributed by atoms with Crippen molar-refractivity contribution in [2.75, 3.05) is 31.1 Å². The summed E-state index contributed by atoms with van der Waals surface area (Å²) in [5.41, 5.74) is 0.647. The lowest BCUT2D eigenvalue weighted by Crippen LogP contribution is -2.44. The Morgan fingerprint density at radius 1 is 1.22 bits per heavy atom. The molecule has 98 valence electrons. The first-order valence-electron chi connectivity index (χ1n) is 6.37. The Labute approximate surface area is 104 Å². The van der Waals surface area contributed by atoms with Crippen molar-refractivity contribution in [1.82, 2.24) is 15.3 Å². The molecule has 2 aliphatic rings. The second kappa shape index (κ2) is 4.76. The lowest BCUT2D eigenvalue weighted by Gasteiger charge is -2.27. The van der Waals surface area contributed by atoms with E-state index < -0.39 is 6.43 Å². The highest BCUT2D eigenvalue weighted by Crippen LogP contribution is 2.40. The molecule has 6 heteroatoms. The first kappa shape index (κ1) is 11.8. The molecule has 0 radical (unpaired) electrons. The van der Waals surface area contributed by atoms with E-state index in [1.54, 1.807) is 0 Å². The van der Waals surface area contributed by atoms with Crippen LogP contribution in [0.4, 0.5) is 14.7 Å². The average Bonchev–Trinajstić information content (AvgIpc) is 3.23.